The van der Waals surface area contributed by atoms with E-state index in [4.69, 9.17) is 16.3 Å². The van der Waals surface area contributed by atoms with Crippen LogP contribution in [-0.4, -0.2) is 46.5 Å². The van der Waals surface area contributed by atoms with Crippen molar-refractivity contribution in [1.29, 1.82) is 0 Å². The van der Waals surface area contributed by atoms with Crippen molar-refractivity contribution in [1.82, 2.24) is 9.97 Å². The van der Waals surface area contributed by atoms with Crippen molar-refractivity contribution in [2.45, 2.75) is 43.9 Å². The number of fused-ring (bicyclic) bond motifs is 2. The number of alkyl halides is 3. The van der Waals surface area contributed by atoms with Crippen LogP contribution in [0.15, 0.2) is 60.2 Å². The fraction of sp³-hybridized carbons (Fsp3) is 0.357. The topological polar surface area (TPSA) is 58.5 Å². The molecule has 5 rings (SSSR count). The summed E-state index contributed by atoms with van der Waals surface area (Å²) in [4.78, 5) is 9.70. The molecule has 2 aromatic heterocycles. The predicted octanol–water partition coefficient (Wildman–Crippen LogP) is 6.14. The minimum atomic E-state index is -4.89. The third-order valence-electron chi connectivity index (χ3n) is 7.04. The number of aromatic nitrogens is 2. The van der Waals surface area contributed by atoms with Gasteiger partial charge in [0.15, 0.2) is 5.60 Å². The van der Waals surface area contributed by atoms with E-state index in [-0.39, 0.29) is 6.54 Å². The summed E-state index contributed by atoms with van der Waals surface area (Å²) in [5, 5.41) is 11.7. The lowest BCUT2D eigenvalue weighted by Gasteiger charge is -2.42. The molecule has 5 nitrogen and oxygen atoms in total. The Bertz CT molecular complexity index is 1340. The number of hydrogen-bond acceptors (Lipinski definition) is 5. The summed E-state index contributed by atoms with van der Waals surface area (Å²) >= 11 is 6.26. The number of halogens is 4. The second-order valence-corrected chi connectivity index (χ2v) is 10.8. The van der Waals surface area contributed by atoms with E-state index in [0.717, 1.165) is 16.7 Å². The average Bonchev–Trinajstić information content (AvgIpc) is 3.31. The lowest BCUT2D eigenvalue weighted by molar-refractivity contribution is -0.262. The van der Waals surface area contributed by atoms with Gasteiger partial charge < -0.3 is 14.7 Å². The Hall–Kier alpha value is -3.10. The SMILES string of the molecule is CC(C)(CC(O)(CN1CC(Cl)=Cc2cnccc21)C(F)(F)F)c1cc(-c2cccnc2)cc2c1OCC2. The summed E-state index contributed by atoms with van der Waals surface area (Å²) in [6.45, 7) is 3.28. The molecule has 0 saturated carbocycles. The second-order valence-electron chi connectivity index (χ2n) is 10.3. The predicted molar refractivity (Wildman–Crippen MR) is 138 cm³/mol. The molecular formula is C28H27ClF3N3O2. The molecule has 0 saturated heterocycles. The number of anilines is 1. The monoisotopic (exact) mass is 529 g/mol. The number of nitrogens with zero attached hydrogens (tertiary/aromatic N) is 3. The van der Waals surface area contributed by atoms with E-state index in [2.05, 4.69) is 9.97 Å². The van der Waals surface area contributed by atoms with E-state index in [1.54, 1.807) is 44.6 Å². The molecule has 9 heteroatoms. The van der Waals surface area contributed by atoms with E-state index in [1.807, 2.05) is 24.3 Å². The Balaban J connectivity index is 1.53. The zero-order valence-electron chi connectivity index (χ0n) is 20.5. The van der Waals surface area contributed by atoms with Crippen molar-refractivity contribution in [2.24, 2.45) is 0 Å². The first-order valence-electron chi connectivity index (χ1n) is 12.0. The van der Waals surface area contributed by atoms with Crippen molar-refractivity contribution in [2.75, 3.05) is 24.6 Å². The Morgan fingerprint density at radius 3 is 2.59 bits per heavy atom. The van der Waals surface area contributed by atoms with Gasteiger partial charge in [0.1, 0.15) is 5.75 Å². The van der Waals surface area contributed by atoms with Crippen LogP contribution in [0.5, 0.6) is 5.75 Å². The Labute approximate surface area is 218 Å². The van der Waals surface area contributed by atoms with Gasteiger partial charge in [0, 0.05) is 58.6 Å². The van der Waals surface area contributed by atoms with Crippen LogP contribution in [0.2, 0.25) is 0 Å². The Morgan fingerprint density at radius 2 is 1.86 bits per heavy atom. The van der Waals surface area contributed by atoms with E-state index in [9.17, 15) is 18.3 Å². The van der Waals surface area contributed by atoms with Gasteiger partial charge in [0.2, 0.25) is 0 Å². The van der Waals surface area contributed by atoms with Gasteiger partial charge in [-0.3, -0.25) is 9.97 Å². The lowest BCUT2D eigenvalue weighted by Crippen LogP contribution is -2.57. The molecule has 1 atom stereocenters. The third-order valence-corrected chi connectivity index (χ3v) is 7.27. The first-order valence-corrected chi connectivity index (χ1v) is 12.4. The number of hydrogen-bond donors (Lipinski definition) is 1. The van der Waals surface area contributed by atoms with Crippen molar-refractivity contribution >= 4 is 23.4 Å². The van der Waals surface area contributed by atoms with E-state index >= 15 is 0 Å². The molecule has 0 fully saturated rings. The highest BCUT2D eigenvalue weighted by Gasteiger charge is 2.57. The molecule has 1 N–H and O–H groups in total. The van der Waals surface area contributed by atoms with Crippen molar-refractivity contribution in [3.8, 4) is 16.9 Å². The standard InChI is InChI=1S/C28H27ClF3N3O2/c1-26(2,23-12-20(19-4-3-7-33-13-19)10-18-6-9-37-25(18)23)16-27(36,28(30,31)32)17-35-15-22(29)11-21-14-34-8-5-24(21)35/h3-5,7-8,10-14,36H,6,9,15-17H2,1-2H3. The maximum absolute atomic E-state index is 14.6. The number of β-amino-alcohol motifs (C(OH)–C–C–N with tert-alkyl or cyclic N) is 1. The molecule has 1 unspecified atom stereocenters. The zero-order chi connectivity index (χ0) is 26.4. The first-order chi connectivity index (χ1) is 17.5. The molecule has 194 valence electrons. The van der Waals surface area contributed by atoms with Crippen LogP contribution in [0.25, 0.3) is 17.2 Å². The summed E-state index contributed by atoms with van der Waals surface area (Å²) in [5.41, 5.74) is 0.320. The maximum atomic E-state index is 14.6. The van der Waals surface area contributed by atoms with Gasteiger partial charge in [-0.15, -0.1) is 0 Å². The van der Waals surface area contributed by atoms with Gasteiger partial charge in [-0.05, 0) is 53.3 Å². The van der Waals surface area contributed by atoms with Crippen LogP contribution in [-0.2, 0) is 11.8 Å². The first kappa shape index (κ1) is 25.5. The number of rotatable bonds is 6. The average molecular weight is 530 g/mol. The van der Waals surface area contributed by atoms with Gasteiger partial charge in [0.05, 0.1) is 19.7 Å². The minimum absolute atomic E-state index is 0.0619. The van der Waals surface area contributed by atoms with Crippen LogP contribution in [0.1, 0.15) is 37.0 Å². The molecule has 0 aliphatic carbocycles. The van der Waals surface area contributed by atoms with Crippen LogP contribution in [0.4, 0.5) is 18.9 Å². The quantitative estimate of drug-likeness (QED) is 0.416. The number of aliphatic hydroxyl groups is 1. The summed E-state index contributed by atoms with van der Waals surface area (Å²) in [6, 6.07) is 9.22. The molecule has 3 aromatic rings. The van der Waals surface area contributed by atoms with E-state index in [1.165, 1.54) is 11.1 Å². The number of pyridine rings is 2. The molecule has 2 aliphatic rings. The summed E-state index contributed by atoms with van der Waals surface area (Å²) in [7, 11) is 0. The highest BCUT2D eigenvalue weighted by molar-refractivity contribution is 6.32. The molecule has 1 aromatic carbocycles. The minimum Gasteiger partial charge on any atom is -0.493 e. The van der Waals surface area contributed by atoms with E-state index < -0.39 is 30.2 Å². The van der Waals surface area contributed by atoms with Crippen LogP contribution in [0.3, 0.4) is 0 Å². The molecular weight excluding hydrogens is 503 g/mol. The summed E-state index contributed by atoms with van der Waals surface area (Å²) < 4.78 is 49.8. The largest absolute Gasteiger partial charge is 0.493 e. The highest BCUT2D eigenvalue weighted by Crippen LogP contribution is 2.47. The lowest BCUT2D eigenvalue weighted by atomic mass is 9.73. The van der Waals surface area contributed by atoms with Crippen molar-refractivity contribution in [3.05, 3.63) is 76.8 Å². The molecule has 0 amide bonds. The van der Waals surface area contributed by atoms with Crippen LogP contribution >= 0.6 is 11.6 Å². The summed E-state index contributed by atoms with van der Waals surface area (Å²) in [5.74, 6) is 0.600. The van der Waals surface area contributed by atoms with E-state index in [0.29, 0.717) is 40.6 Å². The Morgan fingerprint density at radius 1 is 1.08 bits per heavy atom. The van der Waals surface area contributed by atoms with Gasteiger partial charge in [-0.2, -0.15) is 13.2 Å². The van der Waals surface area contributed by atoms with Crippen molar-refractivity contribution < 1.29 is 23.0 Å². The fourth-order valence-electron chi connectivity index (χ4n) is 5.32. The summed E-state index contributed by atoms with van der Waals surface area (Å²) in [6.07, 6.45) is 3.33. The molecule has 0 spiro atoms. The van der Waals surface area contributed by atoms with Gasteiger partial charge in [-0.1, -0.05) is 31.5 Å². The Kier molecular flexibility index (Phi) is 6.44. The second kappa shape index (κ2) is 9.33. The third kappa shape index (κ3) is 4.92. The number of benzene rings is 1. The van der Waals surface area contributed by atoms with Crippen LogP contribution in [0, 0.1) is 0 Å². The smallest absolute Gasteiger partial charge is 0.418 e. The molecule has 2 aliphatic heterocycles. The maximum Gasteiger partial charge on any atom is 0.418 e. The molecule has 0 radical (unpaired) electrons. The van der Waals surface area contributed by atoms with Gasteiger partial charge in [0.25, 0.3) is 0 Å². The van der Waals surface area contributed by atoms with Gasteiger partial charge in [-0.25, -0.2) is 0 Å². The molecule has 37 heavy (non-hydrogen) atoms. The normalized spacial score (nSPS) is 16.9. The van der Waals surface area contributed by atoms with Crippen LogP contribution < -0.4 is 9.64 Å². The zero-order valence-corrected chi connectivity index (χ0v) is 21.3. The molecule has 0 bridgehead atoms. The number of ether oxygens (including phenoxy) is 1. The highest BCUT2D eigenvalue weighted by atomic mass is 35.5. The van der Waals surface area contributed by atoms with Gasteiger partial charge >= 0.3 is 6.18 Å². The molecule has 4 heterocycles. The van der Waals surface area contributed by atoms with Crippen molar-refractivity contribution in [3.63, 3.8) is 0 Å². The fourth-order valence-corrected chi connectivity index (χ4v) is 5.58.